The summed E-state index contributed by atoms with van der Waals surface area (Å²) in [7, 11) is 0. The summed E-state index contributed by atoms with van der Waals surface area (Å²) in [5.74, 6) is -5.79. The Bertz CT molecular complexity index is 2290. The van der Waals surface area contributed by atoms with Crippen LogP contribution in [0.15, 0.2) is 92.0 Å². The summed E-state index contributed by atoms with van der Waals surface area (Å²) in [6, 6.07) is 9.35. The Morgan fingerprint density at radius 2 is 1.20 bits per heavy atom. The summed E-state index contributed by atoms with van der Waals surface area (Å²) >= 11 is 0. The molecule has 0 bridgehead atoms. The van der Waals surface area contributed by atoms with Crippen molar-refractivity contribution in [2.24, 2.45) is 0 Å². The molecule has 0 fully saturated rings. The van der Waals surface area contributed by atoms with E-state index in [1.165, 1.54) is 61.5 Å². The molecule has 2 amide bonds. The van der Waals surface area contributed by atoms with Crippen LogP contribution in [0.4, 0.5) is 20.2 Å². The van der Waals surface area contributed by atoms with Crippen molar-refractivity contribution in [2.75, 3.05) is 10.6 Å². The molecule has 18 heteroatoms. The van der Waals surface area contributed by atoms with Crippen molar-refractivity contribution < 1.29 is 38.2 Å². The van der Waals surface area contributed by atoms with Crippen LogP contribution >= 0.6 is 0 Å². The van der Waals surface area contributed by atoms with Crippen LogP contribution in [0.5, 0.6) is 0 Å². The number of nitrogens with one attached hydrogen (secondary N) is 2. The number of carbonyl (C=O) groups excluding carboxylic acids is 2. The molecule has 0 saturated carbocycles. The first kappa shape index (κ1) is 33.4. The zero-order valence-corrected chi connectivity index (χ0v) is 25.8. The molecule has 254 valence electrons. The molecule has 16 nitrogen and oxygen atoms in total. The number of anilines is 2. The Balaban J connectivity index is 1.20. The van der Waals surface area contributed by atoms with E-state index < -0.39 is 46.5 Å². The highest BCUT2D eigenvalue weighted by molar-refractivity contribution is 6.08. The molecule has 0 aliphatic heterocycles. The molecule has 51 heavy (non-hydrogen) atoms. The summed E-state index contributed by atoms with van der Waals surface area (Å²) < 4.78 is 33.1. The van der Waals surface area contributed by atoms with E-state index in [2.05, 4.69) is 41.0 Å². The minimum atomic E-state index is -1.52. The number of carbonyl (C=O) groups is 4. The molecule has 0 atom stereocenters. The minimum absolute atomic E-state index is 0.0677. The van der Waals surface area contributed by atoms with Crippen molar-refractivity contribution >= 4 is 41.2 Å². The fourth-order valence-electron chi connectivity index (χ4n) is 4.70. The number of nitrogens with zero attached hydrogens (tertiary/aromatic N) is 8. The van der Waals surface area contributed by atoms with E-state index in [4.69, 9.17) is 0 Å². The lowest BCUT2D eigenvalue weighted by molar-refractivity contribution is 0.0686. The number of allylic oxidation sites excluding steroid dienone is 1. The van der Waals surface area contributed by atoms with E-state index in [0.717, 1.165) is 18.2 Å². The fourth-order valence-corrected chi connectivity index (χ4v) is 4.70. The molecule has 0 saturated heterocycles. The van der Waals surface area contributed by atoms with Gasteiger partial charge in [-0.1, -0.05) is 12.2 Å². The highest BCUT2D eigenvalue weighted by atomic mass is 19.1. The molecule has 0 unspecified atom stereocenters. The summed E-state index contributed by atoms with van der Waals surface area (Å²) in [5, 5.41) is 39.7. The van der Waals surface area contributed by atoms with Crippen molar-refractivity contribution in [2.45, 2.75) is 6.42 Å². The molecular weight excluding hydrogens is 670 g/mol. The first-order valence-corrected chi connectivity index (χ1v) is 14.6. The predicted octanol–water partition coefficient (Wildman–Crippen LogP) is 4.07. The third kappa shape index (κ3) is 7.49. The quantitative estimate of drug-likeness (QED) is 0.151. The zero-order valence-electron chi connectivity index (χ0n) is 25.8. The van der Waals surface area contributed by atoms with Gasteiger partial charge in [0.25, 0.3) is 11.8 Å². The van der Waals surface area contributed by atoms with Crippen LogP contribution in [0.2, 0.25) is 0 Å². The number of benzene rings is 2. The van der Waals surface area contributed by atoms with E-state index in [-0.39, 0.29) is 40.3 Å². The maximum atomic E-state index is 15.0. The van der Waals surface area contributed by atoms with Crippen LogP contribution in [0.1, 0.15) is 52.8 Å². The summed E-state index contributed by atoms with van der Waals surface area (Å²) in [4.78, 5) is 57.3. The normalized spacial score (nSPS) is 11.0. The number of rotatable bonds is 11. The Labute approximate surface area is 284 Å². The summed E-state index contributed by atoms with van der Waals surface area (Å²) in [6.07, 6.45) is 11.6. The Hall–Kier alpha value is -7.50. The molecule has 0 aliphatic rings. The maximum Gasteiger partial charge on any atom is 0.337 e. The molecule has 4 heterocycles. The van der Waals surface area contributed by atoms with E-state index in [1.54, 1.807) is 21.5 Å². The van der Waals surface area contributed by atoms with Gasteiger partial charge in [-0.25, -0.2) is 28.3 Å². The number of carboxylic acid groups (broad SMARTS) is 2. The van der Waals surface area contributed by atoms with Gasteiger partial charge in [-0.2, -0.15) is 0 Å². The van der Waals surface area contributed by atoms with Crippen molar-refractivity contribution in [1.82, 2.24) is 39.5 Å². The van der Waals surface area contributed by atoms with Gasteiger partial charge >= 0.3 is 11.9 Å². The van der Waals surface area contributed by atoms with Crippen LogP contribution in [0.3, 0.4) is 0 Å². The maximum absolute atomic E-state index is 15.0. The molecular formula is C33H22F2N10O6. The van der Waals surface area contributed by atoms with Crippen LogP contribution < -0.4 is 10.6 Å². The second-order valence-corrected chi connectivity index (χ2v) is 10.5. The van der Waals surface area contributed by atoms with E-state index in [9.17, 15) is 33.8 Å². The lowest BCUT2D eigenvalue weighted by Gasteiger charge is -2.12. The van der Waals surface area contributed by atoms with Gasteiger partial charge in [-0.3, -0.25) is 18.7 Å². The highest BCUT2D eigenvalue weighted by Crippen LogP contribution is 2.25. The van der Waals surface area contributed by atoms with Crippen LogP contribution in [0, 0.1) is 11.6 Å². The van der Waals surface area contributed by atoms with Crippen LogP contribution in [-0.4, -0.2) is 73.5 Å². The first-order chi connectivity index (χ1) is 24.6. The van der Waals surface area contributed by atoms with Crippen molar-refractivity contribution in [3.63, 3.8) is 0 Å². The SMILES string of the molecule is O=C(Nc1cc(/C=C/Cc2cc(NC(=O)c3ccc(-n4ccnc4)nn3)c(C(=O)O)cc2F)c(F)cc1C(=O)O)c1ccc(-n2ccnc2)nn1. The van der Waals surface area contributed by atoms with E-state index >= 15 is 4.39 Å². The molecule has 0 radical (unpaired) electrons. The number of carboxylic acids is 2. The number of aromatic carboxylic acids is 2. The molecule has 6 rings (SSSR count). The monoisotopic (exact) mass is 692 g/mol. The molecule has 4 aromatic heterocycles. The molecule has 6 aromatic rings. The van der Waals surface area contributed by atoms with Gasteiger partial charge in [0.05, 0.1) is 22.5 Å². The summed E-state index contributed by atoms with van der Waals surface area (Å²) in [6.45, 7) is 0. The topological polar surface area (TPSA) is 220 Å². The van der Waals surface area contributed by atoms with Gasteiger partial charge < -0.3 is 20.8 Å². The standard InChI is InChI=1S/C33H22F2N10O6/c34-22-14-20(32(48)49)26(38-30(46)24-4-6-28(42-40-24)44-10-8-36-16-44)12-18(22)2-1-3-19-13-27(21(33(50)51)15-23(19)35)39-31(47)25-5-7-29(43-41-25)45-11-9-37-17-45/h1-2,4-17H,3H2,(H,38,46)(H,39,47)(H,48,49)(H,50,51)/b2-1+. The molecule has 4 N–H and O–H groups in total. The van der Waals surface area contributed by atoms with Crippen LogP contribution in [0.25, 0.3) is 17.7 Å². The third-order valence-corrected chi connectivity index (χ3v) is 7.22. The van der Waals surface area contributed by atoms with Crippen molar-refractivity contribution in [1.29, 1.82) is 0 Å². The second kappa shape index (κ2) is 14.3. The predicted molar refractivity (Wildman–Crippen MR) is 174 cm³/mol. The van der Waals surface area contributed by atoms with Gasteiger partial charge in [-0.05, 0) is 60.5 Å². The average Bonchev–Trinajstić information content (AvgIpc) is 3.86. The lowest BCUT2D eigenvalue weighted by atomic mass is 10.0. The summed E-state index contributed by atoms with van der Waals surface area (Å²) in [5.41, 5.74) is -2.10. The smallest absolute Gasteiger partial charge is 0.337 e. The zero-order chi connectivity index (χ0) is 36.1. The number of amides is 2. The van der Waals surface area contributed by atoms with Crippen LogP contribution in [-0.2, 0) is 6.42 Å². The first-order valence-electron chi connectivity index (χ1n) is 14.6. The van der Waals surface area contributed by atoms with Gasteiger partial charge in [0, 0.05) is 30.4 Å². The minimum Gasteiger partial charge on any atom is -0.478 e. The molecule has 0 spiro atoms. The van der Waals surface area contributed by atoms with Gasteiger partial charge in [0.2, 0.25) is 0 Å². The largest absolute Gasteiger partial charge is 0.478 e. The van der Waals surface area contributed by atoms with Gasteiger partial charge in [0.1, 0.15) is 24.3 Å². The number of hydrogen-bond donors (Lipinski definition) is 4. The fraction of sp³-hybridized carbons (Fsp3) is 0.0303. The number of imidazole rings is 2. The van der Waals surface area contributed by atoms with E-state index in [0.29, 0.717) is 17.7 Å². The van der Waals surface area contributed by atoms with Gasteiger partial charge in [-0.15, -0.1) is 20.4 Å². The molecule has 0 aliphatic carbocycles. The third-order valence-electron chi connectivity index (χ3n) is 7.22. The molecule has 2 aromatic carbocycles. The Morgan fingerprint density at radius 3 is 1.65 bits per heavy atom. The Morgan fingerprint density at radius 1 is 0.686 bits per heavy atom. The van der Waals surface area contributed by atoms with Gasteiger partial charge in [0.15, 0.2) is 23.0 Å². The second-order valence-electron chi connectivity index (χ2n) is 10.5. The lowest BCUT2D eigenvalue weighted by Crippen LogP contribution is -2.17. The number of hydrogen-bond acceptors (Lipinski definition) is 10. The van der Waals surface area contributed by atoms with Crippen molar-refractivity contribution in [3.8, 4) is 11.6 Å². The Kier molecular flexibility index (Phi) is 9.38. The van der Waals surface area contributed by atoms with E-state index in [1.807, 2.05) is 0 Å². The number of halogens is 2. The highest BCUT2D eigenvalue weighted by Gasteiger charge is 2.20. The average molecular weight is 693 g/mol. The number of aromatic nitrogens is 8. The van der Waals surface area contributed by atoms with Crippen molar-refractivity contribution in [3.05, 3.63) is 137 Å².